The summed E-state index contributed by atoms with van der Waals surface area (Å²) in [5, 5.41) is 4.72. The van der Waals surface area contributed by atoms with Gasteiger partial charge in [0.05, 0.1) is 28.6 Å². The quantitative estimate of drug-likeness (QED) is 0.169. The summed E-state index contributed by atoms with van der Waals surface area (Å²) in [7, 11) is 0. The number of halogens is 2. The maximum Gasteiger partial charge on any atom is 0.266 e. The molecule has 3 aromatic carbocycles. The van der Waals surface area contributed by atoms with E-state index in [0.717, 1.165) is 17.3 Å². The molecule has 0 fully saturated rings. The number of amides is 1. The van der Waals surface area contributed by atoms with Crippen LogP contribution in [0.4, 0.5) is 4.39 Å². The summed E-state index contributed by atoms with van der Waals surface area (Å²) in [5.74, 6) is -0.895. The van der Waals surface area contributed by atoms with Gasteiger partial charge in [-0.1, -0.05) is 58.0 Å². The molecule has 0 spiro atoms. The van der Waals surface area contributed by atoms with E-state index in [1.807, 2.05) is 37.3 Å². The predicted octanol–water partition coefficient (Wildman–Crippen LogP) is 4.84. The van der Waals surface area contributed by atoms with E-state index < -0.39 is 11.7 Å². The number of hydrogen-bond acceptors (Lipinski definition) is 5. The first-order valence-electron chi connectivity index (χ1n) is 9.91. The van der Waals surface area contributed by atoms with Crippen LogP contribution in [0.15, 0.2) is 86.3 Å². The highest BCUT2D eigenvalue weighted by Gasteiger charge is 2.15. The highest BCUT2D eigenvalue weighted by molar-refractivity contribution is 9.10. The fourth-order valence-corrected chi connectivity index (χ4v) is 4.36. The Balaban J connectivity index is 1.58. The molecule has 4 aromatic rings. The van der Waals surface area contributed by atoms with Crippen LogP contribution in [0, 0.1) is 12.7 Å². The van der Waals surface area contributed by atoms with Crippen LogP contribution < -0.4 is 11.0 Å². The van der Waals surface area contributed by atoms with Crippen molar-refractivity contribution in [1.82, 2.24) is 15.0 Å². The average Bonchev–Trinajstić information content (AvgIpc) is 2.81. The first-order chi connectivity index (χ1) is 15.9. The summed E-state index contributed by atoms with van der Waals surface area (Å²) < 4.78 is 16.0. The number of carbonyl (C=O) groups excluding carboxylic acids is 1. The molecule has 1 N–H and O–H groups in total. The molecule has 0 bridgehead atoms. The minimum absolute atomic E-state index is 0.0328. The van der Waals surface area contributed by atoms with Crippen molar-refractivity contribution in [2.45, 2.75) is 12.1 Å². The number of thioether (sulfide) groups is 1. The Morgan fingerprint density at radius 2 is 1.94 bits per heavy atom. The van der Waals surface area contributed by atoms with Gasteiger partial charge in [0.15, 0.2) is 5.16 Å². The Labute approximate surface area is 201 Å². The minimum Gasteiger partial charge on any atom is -0.272 e. The summed E-state index contributed by atoms with van der Waals surface area (Å²) in [6.45, 7) is 1.91. The second-order valence-electron chi connectivity index (χ2n) is 7.09. The van der Waals surface area contributed by atoms with E-state index in [1.165, 1.54) is 16.8 Å². The van der Waals surface area contributed by atoms with Gasteiger partial charge in [0.1, 0.15) is 5.82 Å². The van der Waals surface area contributed by atoms with Crippen LogP contribution >= 0.6 is 27.7 Å². The standard InChI is InChI=1S/C24H18BrFN4O2S/c1-15-6-2-5-9-21(15)30-23(32)18-7-3-4-8-20(18)28-24(30)33-14-22(31)29-27-13-16-12-17(25)10-11-19(16)26/h2-13H,14H2,1H3,(H,29,31). The molecule has 0 saturated heterocycles. The van der Waals surface area contributed by atoms with Crippen LogP contribution in [0.5, 0.6) is 0 Å². The van der Waals surface area contributed by atoms with Crippen LogP contribution in [0.25, 0.3) is 16.6 Å². The number of aromatic nitrogens is 2. The van der Waals surface area contributed by atoms with E-state index in [0.29, 0.717) is 26.2 Å². The second-order valence-corrected chi connectivity index (χ2v) is 8.94. The van der Waals surface area contributed by atoms with Gasteiger partial charge in [-0.05, 0) is 48.9 Å². The molecule has 6 nitrogen and oxygen atoms in total. The molecule has 1 heterocycles. The molecular formula is C24H18BrFN4O2S. The van der Waals surface area contributed by atoms with E-state index in [2.05, 4.69) is 31.4 Å². The molecule has 0 aliphatic rings. The normalized spacial score (nSPS) is 11.2. The van der Waals surface area contributed by atoms with Gasteiger partial charge in [0.2, 0.25) is 0 Å². The van der Waals surface area contributed by atoms with Crippen LogP contribution in [-0.2, 0) is 4.79 Å². The van der Waals surface area contributed by atoms with Crippen LogP contribution in [0.2, 0.25) is 0 Å². The number of hydrogen-bond donors (Lipinski definition) is 1. The minimum atomic E-state index is -0.451. The van der Waals surface area contributed by atoms with Gasteiger partial charge in [0.25, 0.3) is 11.5 Å². The number of fused-ring (bicyclic) bond motifs is 1. The third kappa shape index (κ3) is 5.20. The zero-order chi connectivity index (χ0) is 23.4. The van der Waals surface area contributed by atoms with Gasteiger partial charge in [-0.2, -0.15) is 5.10 Å². The number of nitrogens with zero attached hydrogens (tertiary/aromatic N) is 3. The lowest BCUT2D eigenvalue weighted by Crippen LogP contribution is -2.24. The van der Waals surface area contributed by atoms with Crippen molar-refractivity contribution < 1.29 is 9.18 Å². The highest BCUT2D eigenvalue weighted by atomic mass is 79.9. The molecule has 0 atom stereocenters. The Morgan fingerprint density at radius 1 is 1.18 bits per heavy atom. The first-order valence-corrected chi connectivity index (χ1v) is 11.7. The molecule has 0 saturated carbocycles. The van der Waals surface area contributed by atoms with Crippen molar-refractivity contribution in [3.63, 3.8) is 0 Å². The molecule has 9 heteroatoms. The number of nitrogens with one attached hydrogen (secondary N) is 1. The molecular weight excluding hydrogens is 507 g/mol. The second kappa shape index (κ2) is 10.1. The molecule has 0 radical (unpaired) electrons. The van der Waals surface area contributed by atoms with Crippen LogP contribution in [-0.4, -0.2) is 27.4 Å². The van der Waals surface area contributed by atoms with E-state index in [9.17, 15) is 14.0 Å². The van der Waals surface area contributed by atoms with E-state index in [4.69, 9.17) is 0 Å². The fourth-order valence-electron chi connectivity index (χ4n) is 3.19. The number of aryl methyl sites for hydroxylation is 1. The zero-order valence-corrected chi connectivity index (χ0v) is 19.9. The topological polar surface area (TPSA) is 76.3 Å². The predicted molar refractivity (Wildman–Crippen MR) is 133 cm³/mol. The molecule has 0 aliphatic carbocycles. The third-order valence-corrected chi connectivity index (χ3v) is 6.22. The SMILES string of the molecule is Cc1ccccc1-n1c(SCC(=O)NN=Cc2cc(Br)ccc2F)nc2ccccc2c1=O. The number of benzene rings is 3. The molecule has 33 heavy (non-hydrogen) atoms. The average molecular weight is 525 g/mol. The van der Waals surface area contributed by atoms with Crippen molar-refractivity contribution in [1.29, 1.82) is 0 Å². The Morgan fingerprint density at radius 3 is 2.76 bits per heavy atom. The lowest BCUT2D eigenvalue weighted by Gasteiger charge is -2.14. The lowest BCUT2D eigenvalue weighted by atomic mass is 10.2. The maximum absolute atomic E-state index is 13.8. The van der Waals surface area contributed by atoms with Gasteiger partial charge in [-0.25, -0.2) is 14.8 Å². The lowest BCUT2D eigenvalue weighted by molar-refractivity contribution is -0.118. The summed E-state index contributed by atoms with van der Waals surface area (Å²) in [6.07, 6.45) is 1.24. The molecule has 1 aromatic heterocycles. The number of carbonyl (C=O) groups is 1. The van der Waals surface area contributed by atoms with Crippen molar-refractivity contribution in [2.75, 3.05) is 5.75 Å². The summed E-state index contributed by atoms with van der Waals surface area (Å²) >= 11 is 4.39. The van der Waals surface area contributed by atoms with Crippen molar-refractivity contribution in [2.24, 2.45) is 5.10 Å². The Bertz CT molecular complexity index is 1440. The Hall–Kier alpha value is -3.30. The van der Waals surface area contributed by atoms with E-state index in [-0.39, 0.29) is 16.9 Å². The van der Waals surface area contributed by atoms with Gasteiger partial charge in [-0.15, -0.1) is 0 Å². The van der Waals surface area contributed by atoms with Crippen LogP contribution in [0.1, 0.15) is 11.1 Å². The van der Waals surface area contributed by atoms with Gasteiger partial charge in [-0.3, -0.25) is 14.2 Å². The van der Waals surface area contributed by atoms with Gasteiger partial charge in [0, 0.05) is 10.0 Å². The van der Waals surface area contributed by atoms with E-state index >= 15 is 0 Å². The monoisotopic (exact) mass is 524 g/mol. The van der Waals surface area contributed by atoms with Gasteiger partial charge < -0.3 is 0 Å². The summed E-state index contributed by atoms with van der Waals surface area (Å²) in [5.41, 5.74) is 4.57. The number of para-hydroxylation sites is 2. The van der Waals surface area contributed by atoms with Crippen molar-refractivity contribution >= 4 is 50.7 Å². The molecule has 166 valence electrons. The smallest absolute Gasteiger partial charge is 0.266 e. The summed E-state index contributed by atoms with van der Waals surface area (Å²) in [6, 6.07) is 19.0. The van der Waals surface area contributed by atoms with Crippen LogP contribution in [0.3, 0.4) is 0 Å². The highest BCUT2D eigenvalue weighted by Crippen LogP contribution is 2.23. The molecule has 4 rings (SSSR count). The van der Waals surface area contributed by atoms with E-state index in [1.54, 1.807) is 30.3 Å². The zero-order valence-electron chi connectivity index (χ0n) is 17.5. The summed E-state index contributed by atoms with van der Waals surface area (Å²) in [4.78, 5) is 30.3. The largest absolute Gasteiger partial charge is 0.272 e. The third-order valence-electron chi connectivity index (χ3n) is 4.78. The van der Waals surface area contributed by atoms with Crippen molar-refractivity contribution in [3.8, 4) is 5.69 Å². The molecule has 0 unspecified atom stereocenters. The number of hydrazone groups is 1. The fraction of sp³-hybridized carbons (Fsp3) is 0.0833. The molecule has 0 aliphatic heterocycles. The van der Waals surface area contributed by atoms with Crippen molar-refractivity contribution in [3.05, 3.63) is 98.5 Å². The molecule has 1 amide bonds. The number of rotatable bonds is 6. The first kappa shape index (κ1) is 22.9. The van der Waals surface area contributed by atoms with Gasteiger partial charge >= 0.3 is 0 Å². The maximum atomic E-state index is 13.8. The Kier molecular flexibility index (Phi) is 7.00.